The molecule has 0 spiro atoms. The molecule has 15 heteroatoms. The van der Waals surface area contributed by atoms with Crippen molar-refractivity contribution in [2.75, 3.05) is 46.2 Å². The Hall–Kier alpha value is -4.35. The molecule has 0 saturated carbocycles. The van der Waals surface area contributed by atoms with Crippen molar-refractivity contribution in [2.24, 2.45) is 16.2 Å². The Bertz CT molecular complexity index is 2150. The lowest BCUT2D eigenvalue weighted by atomic mass is 9.91. The van der Waals surface area contributed by atoms with Gasteiger partial charge in [-0.05, 0) is 78.7 Å². The van der Waals surface area contributed by atoms with E-state index in [1.54, 1.807) is 6.08 Å². The minimum atomic E-state index is -2.62. The topological polar surface area (TPSA) is 138 Å². The molecule has 0 saturated heterocycles. The summed E-state index contributed by atoms with van der Waals surface area (Å²) in [7, 11) is -5.05. The van der Waals surface area contributed by atoms with Crippen LogP contribution in [-0.4, -0.2) is 89.4 Å². The molecular formula is C60H87Cl3O10Si2. The molecule has 0 atom stereocenters. The van der Waals surface area contributed by atoms with E-state index in [2.05, 4.69) is 162 Å². The smallest absolute Gasteiger partial charge is 0.453 e. The van der Waals surface area contributed by atoms with Crippen LogP contribution in [0.2, 0.25) is 10.1 Å². The first-order chi connectivity index (χ1) is 35.0. The highest BCUT2D eigenvalue weighted by molar-refractivity contribution is 7.00. The Morgan fingerprint density at radius 2 is 0.760 bits per heavy atom. The Kier molecular flexibility index (Phi) is 33.1. The zero-order valence-corrected chi connectivity index (χ0v) is 51.0. The van der Waals surface area contributed by atoms with Gasteiger partial charge in [-0.25, -0.2) is 9.59 Å². The summed E-state index contributed by atoms with van der Waals surface area (Å²) in [5.41, 5.74) is -0.942. The maximum absolute atomic E-state index is 12.0. The van der Waals surface area contributed by atoms with Gasteiger partial charge in [-0.3, -0.25) is 4.79 Å². The summed E-state index contributed by atoms with van der Waals surface area (Å²) in [4.78, 5) is 31.2. The van der Waals surface area contributed by atoms with Crippen molar-refractivity contribution in [3.8, 4) is 0 Å². The Morgan fingerprint density at radius 1 is 0.467 bits per heavy atom. The maximum atomic E-state index is 12.0. The van der Waals surface area contributed by atoms with Crippen LogP contribution in [0.4, 0.5) is 14.4 Å². The first kappa shape index (κ1) is 70.7. The molecule has 0 aliphatic rings. The average molecular weight is 1130 g/mol. The van der Waals surface area contributed by atoms with E-state index in [0.29, 0.717) is 19.8 Å². The van der Waals surface area contributed by atoms with Crippen LogP contribution in [0.1, 0.15) is 102 Å². The van der Waals surface area contributed by atoms with Gasteiger partial charge in [0.15, 0.2) is 0 Å². The number of ether oxygens (including phenoxy) is 3. The molecule has 0 bridgehead atoms. The number of carbonyl (C=O) groups excluding carboxylic acids is 3. The van der Waals surface area contributed by atoms with Crippen LogP contribution in [0.15, 0.2) is 159 Å². The van der Waals surface area contributed by atoms with Crippen molar-refractivity contribution < 1.29 is 47.7 Å². The molecule has 0 amide bonds. The first-order valence-corrected chi connectivity index (χ1v) is 29.9. The van der Waals surface area contributed by atoms with Crippen LogP contribution in [0.25, 0.3) is 0 Å². The van der Waals surface area contributed by atoms with Gasteiger partial charge in [0.2, 0.25) is 0 Å². The highest BCUT2D eigenvalue weighted by atomic mass is 35.5. The molecule has 0 aromatic heterocycles. The van der Waals surface area contributed by atoms with Gasteiger partial charge < -0.3 is 33.3 Å². The van der Waals surface area contributed by atoms with Crippen molar-refractivity contribution in [1.29, 1.82) is 0 Å². The molecule has 0 heterocycles. The standard InChI is InChI=1S/C26H36O4Si.C18H24O2Si.C8H13ClO2.C7H14O.CCl2O/c1-7-18-26(5,6)21-29-24(27)28-19-20-30-31(25(2,3)4,22-14-10-8-11-15-22)23-16-12-9-13-17-23;1-18(2,3)21(20-15-14-19,16-10-6-4-7-11-16)17-12-8-5-9-13-17;1-4-5-8(2,3)6-11-7(9)10;1-4-5-7(2,3)6-8;2-1(3)4/h7-17H,1,18-21H2,2-6H3;4-13,19H,14-15H2,1-3H3;4H,1,5-6H2,2-3H3;4,8H,1,5-6H2,2-3H3;. The highest BCUT2D eigenvalue weighted by Gasteiger charge is 2.51. The number of hydrogen-bond acceptors (Lipinski definition) is 10. The van der Waals surface area contributed by atoms with Crippen LogP contribution in [0, 0.1) is 16.2 Å². The van der Waals surface area contributed by atoms with E-state index in [-0.39, 0.29) is 52.7 Å². The van der Waals surface area contributed by atoms with Gasteiger partial charge in [-0.15, -0.1) is 19.7 Å². The number of rotatable bonds is 22. The molecule has 4 aromatic rings. The molecule has 416 valence electrons. The highest BCUT2D eigenvalue weighted by Crippen LogP contribution is 2.38. The zero-order chi connectivity index (χ0) is 57.4. The molecule has 75 heavy (non-hydrogen) atoms. The molecular weight excluding hydrogens is 1040 g/mol. The van der Waals surface area contributed by atoms with E-state index < -0.39 is 32.9 Å². The summed E-state index contributed by atoms with van der Waals surface area (Å²) < 4.78 is 27.4. The lowest BCUT2D eigenvalue weighted by Gasteiger charge is -2.43. The second kappa shape index (κ2) is 35.1. The van der Waals surface area contributed by atoms with E-state index in [1.165, 1.54) is 20.7 Å². The zero-order valence-electron chi connectivity index (χ0n) is 46.8. The van der Waals surface area contributed by atoms with Crippen molar-refractivity contribution in [3.05, 3.63) is 159 Å². The number of aliphatic hydroxyl groups excluding tert-OH is 2. The minimum absolute atomic E-state index is 0.0229. The monoisotopic (exact) mass is 1130 g/mol. The van der Waals surface area contributed by atoms with Gasteiger partial charge in [-0.1, -0.05) is 223 Å². The number of aliphatic hydroxyl groups is 2. The van der Waals surface area contributed by atoms with Crippen LogP contribution >= 0.6 is 34.8 Å². The fourth-order valence-electron chi connectivity index (χ4n) is 7.94. The van der Waals surface area contributed by atoms with Gasteiger partial charge in [0.25, 0.3) is 16.6 Å². The van der Waals surface area contributed by atoms with Crippen LogP contribution in [-0.2, 0) is 23.1 Å². The molecule has 0 aliphatic heterocycles. The normalized spacial score (nSPS) is 11.7. The minimum Gasteiger partial charge on any atom is -0.453 e. The van der Waals surface area contributed by atoms with Gasteiger partial charge in [0.05, 0.1) is 26.4 Å². The summed E-state index contributed by atoms with van der Waals surface area (Å²) in [6.45, 7) is 38.0. The summed E-state index contributed by atoms with van der Waals surface area (Å²) in [5.74, 6) is 0. The second-order valence-electron chi connectivity index (χ2n) is 22.0. The van der Waals surface area contributed by atoms with Crippen LogP contribution in [0.5, 0.6) is 0 Å². The van der Waals surface area contributed by atoms with E-state index in [4.69, 9.17) is 39.8 Å². The SMILES string of the molecule is C=CCC(C)(C)CO.C=CCC(C)(C)COC(=O)Cl.C=CCC(C)(C)COC(=O)OCCO[Si](c1ccccc1)(c1ccccc1)C(C)(C)C.CC(C)(C)[Si](OCCO)(c1ccccc1)c1ccccc1.O=C(Cl)Cl. The lowest BCUT2D eigenvalue weighted by Crippen LogP contribution is -2.66. The predicted octanol–water partition coefficient (Wildman–Crippen LogP) is 14.0. The summed E-state index contributed by atoms with van der Waals surface area (Å²) in [6, 6.07) is 41.7. The lowest BCUT2D eigenvalue weighted by molar-refractivity contribution is 0.0231. The van der Waals surface area contributed by atoms with E-state index in [0.717, 1.165) is 19.3 Å². The van der Waals surface area contributed by atoms with E-state index in [9.17, 15) is 14.7 Å². The first-order valence-electron chi connectivity index (χ1n) is 25.0. The van der Waals surface area contributed by atoms with E-state index >= 15 is 0 Å². The van der Waals surface area contributed by atoms with Gasteiger partial charge >= 0.3 is 16.3 Å². The maximum Gasteiger partial charge on any atom is 0.508 e. The second-order valence-corrected chi connectivity index (χ2v) is 31.8. The van der Waals surface area contributed by atoms with Crippen molar-refractivity contribution in [3.63, 3.8) is 0 Å². The Balaban J connectivity index is 0.00000106. The van der Waals surface area contributed by atoms with Crippen LogP contribution < -0.4 is 20.7 Å². The van der Waals surface area contributed by atoms with Gasteiger partial charge in [0.1, 0.15) is 13.2 Å². The molecule has 0 radical (unpaired) electrons. The van der Waals surface area contributed by atoms with Crippen LogP contribution in [0.3, 0.4) is 0 Å². The number of halogens is 3. The van der Waals surface area contributed by atoms with Gasteiger partial charge in [0, 0.05) is 29.0 Å². The van der Waals surface area contributed by atoms with Crippen molar-refractivity contribution in [2.45, 2.75) is 112 Å². The summed E-state index contributed by atoms with van der Waals surface area (Å²) >= 11 is 13.8. The quantitative estimate of drug-likeness (QED) is 0.0257. The number of carbonyl (C=O) groups is 3. The molecule has 4 aromatic carbocycles. The fraction of sp³-hybridized carbons (Fsp3) is 0.450. The summed E-state index contributed by atoms with van der Waals surface area (Å²) in [5, 5.41) is 22.7. The molecule has 0 fully saturated rings. The largest absolute Gasteiger partial charge is 0.508 e. The van der Waals surface area contributed by atoms with Crippen molar-refractivity contribution >= 4 is 88.5 Å². The molecule has 10 nitrogen and oxygen atoms in total. The number of hydrogen-bond donors (Lipinski definition) is 2. The molecule has 2 N–H and O–H groups in total. The molecule has 0 aliphatic carbocycles. The molecule has 4 rings (SSSR count). The number of benzene rings is 4. The van der Waals surface area contributed by atoms with Gasteiger partial charge in [-0.2, -0.15) is 0 Å². The summed E-state index contributed by atoms with van der Waals surface area (Å²) in [6.07, 6.45) is 7.23. The van der Waals surface area contributed by atoms with Crippen molar-refractivity contribution in [1.82, 2.24) is 0 Å². The average Bonchev–Trinajstić information content (AvgIpc) is 3.34. The Labute approximate surface area is 467 Å². The third kappa shape index (κ3) is 26.5. The fourth-order valence-corrected chi connectivity index (χ4v) is 17.1. The third-order valence-electron chi connectivity index (χ3n) is 11.5. The Morgan fingerprint density at radius 3 is 1.01 bits per heavy atom. The predicted molar refractivity (Wildman–Crippen MR) is 319 cm³/mol. The van der Waals surface area contributed by atoms with E-state index in [1.807, 2.05) is 102 Å². The molecule has 0 unspecified atom stereocenters. The number of allylic oxidation sites excluding steroid dienone is 3. The third-order valence-corrected chi connectivity index (χ3v) is 21.7.